The van der Waals surface area contributed by atoms with E-state index in [-0.39, 0.29) is 11.5 Å². The van der Waals surface area contributed by atoms with Gasteiger partial charge in [0.2, 0.25) is 0 Å². The number of aliphatic hydroxyl groups is 1. The van der Waals surface area contributed by atoms with Gasteiger partial charge in [0, 0.05) is 23.1 Å². The number of ether oxygens (including phenoxy) is 1. The van der Waals surface area contributed by atoms with Gasteiger partial charge in [-0.1, -0.05) is 29.2 Å². The molecule has 21 heavy (non-hydrogen) atoms. The molecule has 110 valence electrons. The van der Waals surface area contributed by atoms with Crippen molar-refractivity contribution in [2.75, 3.05) is 13.2 Å². The second-order valence-electron chi connectivity index (χ2n) is 4.45. The van der Waals surface area contributed by atoms with Gasteiger partial charge in [0.05, 0.1) is 13.2 Å². The molecule has 2 aromatic rings. The highest BCUT2D eigenvalue weighted by Gasteiger charge is 2.02. The molecule has 5 heteroatoms. The summed E-state index contributed by atoms with van der Waals surface area (Å²) in [4.78, 5) is 11.6. The van der Waals surface area contributed by atoms with Crippen molar-refractivity contribution < 1.29 is 9.84 Å². The first-order valence-corrected chi connectivity index (χ1v) is 7.56. The zero-order valence-electron chi connectivity index (χ0n) is 11.8. The second kappa shape index (κ2) is 7.67. The van der Waals surface area contributed by atoms with Crippen LogP contribution in [-0.4, -0.2) is 22.9 Å². The highest BCUT2D eigenvalue weighted by atomic mass is 32.1. The van der Waals surface area contributed by atoms with Gasteiger partial charge in [0.15, 0.2) is 0 Å². The van der Waals surface area contributed by atoms with Crippen LogP contribution in [0.1, 0.15) is 17.7 Å². The predicted molar refractivity (Wildman–Crippen MR) is 83.8 cm³/mol. The Morgan fingerprint density at radius 1 is 1.43 bits per heavy atom. The lowest BCUT2D eigenvalue weighted by molar-refractivity contribution is 0.296. The van der Waals surface area contributed by atoms with Crippen molar-refractivity contribution in [3.8, 4) is 17.6 Å². The highest BCUT2D eigenvalue weighted by Crippen LogP contribution is 2.12. The van der Waals surface area contributed by atoms with E-state index in [0.29, 0.717) is 19.6 Å². The van der Waals surface area contributed by atoms with Gasteiger partial charge < -0.3 is 9.84 Å². The van der Waals surface area contributed by atoms with E-state index < -0.39 is 0 Å². The number of aromatic nitrogens is 1. The third kappa shape index (κ3) is 4.48. The first-order valence-electron chi connectivity index (χ1n) is 6.68. The summed E-state index contributed by atoms with van der Waals surface area (Å²) >= 11 is 1.20. The van der Waals surface area contributed by atoms with E-state index in [1.54, 1.807) is 4.57 Å². The number of aliphatic hydroxyl groups excluding tert-OH is 1. The molecule has 0 aliphatic heterocycles. The summed E-state index contributed by atoms with van der Waals surface area (Å²) in [6.07, 6.45) is 0.464. The van der Waals surface area contributed by atoms with Gasteiger partial charge in [0.1, 0.15) is 12.4 Å². The summed E-state index contributed by atoms with van der Waals surface area (Å²) in [7, 11) is 0. The standard InChI is InChI=1S/C16H17NO3S/c1-13-12-21-16(19)17(13)8-10-20-15-7-4-6-14(11-15)5-2-3-9-18/h4,6-7,11-12,18H,3,8-10H2,1H3. The number of rotatable bonds is 5. The molecule has 0 spiro atoms. The molecular formula is C16H17NO3S. The minimum Gasteiger partial charge on any atom is -0.492 e. The Morgan fingerprint density at radius 3 is 3.00 bits per heavy atom. The SMILES string of the molecule is Cc1csc(=O)n1CCOc1cccc(C#CCCO)c1. The Bertz CT molecular complexity index is 706. The smallest absolute Gasteiger partial charge is 0.307 e. The normalized spacial score (nSPS) is 10.0. The van der Waals surface area contributed by atoms with Crippen molar-refractivity contribution in [2.45, 2.75) is 19.9 Å². The van der Waals surface area contributed by atoms with Crippen LogP contribution in [0.2, 0.25) is 0 Å². The van der Waals surface area contributed by atoms with Crippen LogP contribution in [0, 0.1) is 18.8 Å². The quantitative estimate of drug-likeness (QED) is 0.860. The minimum atomic E-state index is 0.0414. The highest BCUT2D eigenvalue weighted by molar-refractivity contribution is 7.07. The Balaban J connectivity index is 1.93. The number of thiazole rings is 1. The summed E-state index contributed by atoms with van der Waals surface area (Å²) in [5.74, 6) is 6.57. The summed E-state index contributed by atoms with van der Waals surface area (Å²) in [6, 6.07) is 7.49. The molecule has 0 aliphatic carbocycles. The predicted octanol–water partition coefficient (Wildman–Crippen LogP) is 2.03. The van der Waals surface area contributed by atoms with Crippen LogP contribution in [0.25, 0.3) is 0 Å². The van der Waals surface area contributed by atoms with Gasteiger partial charge in [-0.05, 0) is 25.1 Å². The fourth-order valence-corrected chi connectivity index (χ4v) is 2.57. The summed E-state index contributed by atoms with van der Waals surface area (Å²) < 4.78 is 7.37. The molecule has 0 atom stereocenters. The maximum Gasteiger partial charge on any atom is 0.307 e. The van der Waals surface area contributed by atoms with Crippen LogP contribution in [0.15, 0.2) is 34.4 Å². The molecule has 0 aliphatic rings. The molecule has 2 rings (SSSR count). The monoisotopic (exact) mass is 303 g/mol. The lowest BCUT2D eigenvalue weighted by Crippen LogP contribution is -2.18. The van der Waals surface area contributed by atoms with Crippen molar-refractivity contribution in [2.24, 2.45) is 0 Å². The Hall–Kier alpha value is -2.03. The molecule has 0 saturated carbocycles. The summed E-state index contributed by atoms with van der Waals surface area (Å²) in [5.41, 5.74) is 1.81. The molecular weight excluding hydrogens is 286 g/mol. The van der Waals surface area contributed by atoms with Gasteiger partial charge in [-0.15, -0.1) is 0 Å². The Morgan fingerprint density at radius 2 is 2.29 bits per heavy atom. The van der Waals surface area contributed by atoms with E-state index in [1.165, 1.54) is 11.3 Å². The number of hydrogen-bond donors (Lipinski definition) is 1. The first-order chi connectivity index (χ1) is 10.2. The average Bonchev–Trinajstić information content (AvgIpc) is 2.80. The van der Waals surface area contributed by atoms with E-state index in [2.05, 4.69) is 11.8 Å². The topological polar surface area (TPSA) is 51.5 Å². The Kier molecular flexibility index (Phi) is 5.61. The summed E-state index contributed by atoms with van der Waals surface area (Å²) in [5, 5.41) is 10.5. The number of hydrogen-bond acceptors (Lipinski definition) is 4. The molecule has 0 fully saturated rings. The molecule has 0 bridgehead atoms. The van der Waals surface area contributed by atoms with Gasteiger partial charge >= 0.3 is 4.87 Å². The fourth-order valence-electron chi connectivity index (χ4n) is 1.81. The zero-order chi connectivity index (χ0) is 15.1. The number of aryl methyl sites for hydroxylation is 1. The van der Waals surface area contributed by atoms with E-state index in [9.17, 15) is 4.79 Å². The molecule has 1 N–H and O–H groups in total. The molecule has 4 nitrogen and oxygen atoms in total. The second-order valence-corrected chi connectivity index (χ2v) is 5.27. The van der Waals surface area contributed by atoms with Gasteiger partial charge in [-0.2, -0.15) is 0 Å². The average molecular weight is 303 g/mol. The van der Waals surface area contributed by atoms with Crippen LogP contribution < -0.4 is 9.61 Å². The van der Waals surface area contributed by atoms with E-state index >= 15 is 0 Å². The lowest BCUT2D eigenvalue weighted by atomic mass is 10.2. The number of nitrogens with zero attached hydrogens (tertiary/aromatic N) is 1. The molecule has 0 amide bonds. The maximum atomic E-state index is 11.6. The molecule has 1 aromatic carbocycles. The molecule has 0 saturated heterocycles. The number of benzene rings is 1. The molecule has 1 heterocycles. The largest absolute Gasteiger partial charge is 0.492 e. The van der Waals surface area contributed by atoms with Crippen LogP contribution in [-0.2, 0) is 6.54 Å². The van der Waals surface area contributed by atoms with Gasteiger partial charge in [-0.25, -0.2) is 0 Å². The molecule has 0 unspecified atom stereocenters. The van der Waals surface area contributed by atoms with Crippen molar-refractivity contribution in [1.82, 2.24) is 4.57 Å². The van der Waals surface area contributed by atoms with Gasteiger partial charge in [-0.3, -0.25) is 9.36 Å². The van der Waals surface area contributed by atoms with Crippen molar-refractivity contribution >= 4 is 11.3 Å². The van der Waals surface area contributed by atoms with E-state index in [1.807, 2.05) is 36.6 Å². The maximum absolute atomic E-state index is 11.6. The molecule has 1 aromatic heterocycles. The summed E-state index contributed by atoms with van der Waals surface area (Å²) in [6.45, 7) is 2.95. The van der Waals surface area contributed by atoms with E-state index in [4.69, 9.17) is 9.84 Å². The third-order valence-corrected chi connectivity index (χ3v) is 3.74. The third-order valence-electron chi connectivity index (χ3n) is 2.86. The fraction of sp³-hybridized carbons (Fsp3) is 0.312. The van der Waals surface area contributed by atoms with Gasteiger partial charge in [0.25, 0.3) is 0 Å². The van der Waals surface area contributed by atoms with Crippen molar-refractivity contribution in [3.05, 3.63) is 50.6 Å². The van der Waals surface area contributed by atoms with Crippen LogP contribution in [0.5, 0.6) is 5.75 Å². The lowest BCUT2D eigenvalue weighted by Gasteiger charge is -2.08. The van der Waals surface area contributed by atoms with Crippen molar-refractivity contribution in [3.63, 3.8) is 0 Å². The van der Waals surface area contributed by atoms with Crippen molar-refractivity contribution in [1.29, 1.82) is 0 Å². The zero-order valence-corrected chi connectivity index (χ0v) is 12.7. The van der Waals surface area contributed by atoms with Crippen LogP contribution >= 0.6 is 11.3 Å². The minimum absolute atomic E-state index is 0.0414. The van der Waals surface area contributed by atoms with Crippen LogP contribution in [0.4, 0.5) is 0 Å². The van der Waals surface area contributed by atoms with E-state index in [0.717, 1.165) is 17.0 Å². The van der Waals surface area contributed by atoms with Crippen LogP contribution in [0.3, 0.4) is 0 Å². The Labute approximate surface area is 127 Å². The first kappa shape index (κ1) is 15.4. The molecule has 0 radical (unpaired) electrons.